The van der Waals surface area contributed by atoms with Crippen molar-refractivity contribution >= 4 is 11.5 Å². The lowest BCUT2D eigenvalue weighted by atomic mass is 10.00. The van der Waals surface area contributed by atoms with Crippen LogP contribution in [0.2, 0.25) is 0 Å². The van der Waals surface area contributed by atoms with Gasteiger partial charge < -0.3 is 9.72 Å². The van der Waals surface area contributed by atoms with Crippen LogP contribution < -0.4 is 5.56 Å². The number of ether oxygens (including phenoxy) is 1. The second kappa shape index (κ2) is 3.08. The summed E-state index contributed by atoms with van der Waals surface area (Å²) in [6.07, 6.45) is 0. The van der Waals surface area contributed by atoms with Crippen LogP contribution in [0.25, 0.3) is 5.57 Å². The normalized spacial score (nSPS) is 13.6. The van der Waals surface area contributed by atoms with Crippen LogP contribution in [-0.2, 0) is 11.3 Å². The molecule has 0 radical (unpaired) electrons. The molecular formula is C11H11NO3. The van der Waals surface area contributed by atoms with E-state index in [0.29, 0.717) is 11.1 Å². The van der Waals surface area contributed by atoms with Crippen molar-refractivity contribution in [2.45, 2.75) is 20.5 Å². The molecule has 0 saturated carbocycles. The van der Waals surface area contributed by atoms with E-state index in [1.165, 1.54) is 0 Å². The van der Waals surface area contributed by atoms with E-state index in [-0.39, 0.29) is 17.9 Å². The van der Waals surface area contributed by atoms with Gasteiger partial charge in [-0.15, -0.1) is 0 Å². The maximum atomic E-state index is 11.7. The van der Waals surface area contributed by atoms with Crippen molar-refractivity contribution in [1.82, 2.24) is 4.98 Å². The number of aromatic amines is 1. The number of cyclic esters (lactones) is 1. The molecule has 78 valence electrons. The Morgan fingerprint density at radius 1 is 1.47 bits per heavy atom. The van der Waals surface area contributed by atoms with Crippen LogP contribution in [0, 0.1) is 6.92 Å². The predicted molar refractivity (Wildman–Crippen MR) is 55.6 cm³/mol. The van der Waals surface area contributed by atoms with Crippen molar-refractivity contribution < 1.29 is 9.53 Å². The number of esters is 1. The molecule has 0 aliphatic carbocycles. The molecule has 0 spiro atoms. The number of carbonyl (C=O) groups is 1. The van der Waals surface area contributed by atoms with Gasteiger partial charge in [-0.1, -0.05) is 6.58 Å². The van der Waals surface area contributed by atoms with Gasteiger partial charge in [0.15, 0.2) is 0 Å². The van der Waals surface area contributed by atoms with E-state index in [2.05, 4.69) is 11.6 Å². The summed E-state index contributed by atoms with van der Waals surface area (Å²) in [5, 5.41) is 0. The molecule has 1 aliphatic heterocycles. The van der Waals surface area contributed by atoms with E-state index in [4.69, 9.17) is 4.74 Å². The zero-order chi connectivity index (χ0) is 11.2. The van der Waals surface area contributed by atoms with E-state index >= 15 is 0 Å². The molecule has 1 aromatic heterocycles. The number of aromatic nitrogens is 1. The molecule has 0 atom stereocenters. The highest BCUT2D eigenvalue weighted by Gasteiger charge is 2.26. The molecule has 2 heterocycles. The Hall–Kier alpha value is -1.84. The van der Waals surface area contributed by atoms with Gasteiger partial charge in [0.1, 0.15) is 12.3 Å². The smallest absolute Gasteiger partial charge is 0.355 e. The Morgan fingerprint density at radius 2 is 2.13 bits per heavy atom. The third-order valence-electron chi connectivity index (χ3n) is 2.57. The van der Waals surface area contributed by atoms with Crippen molar-refractivity contribution in [2.24, 2.45) is 0 Å². The lowest BCUT2D eigenvalue weighted by Crippen LogP contribution is -2.18. The standard InChI is InChI=1S/C11H11NO3/c1-5(2)8-6(3)7-4-15-11(14)9(7)12-10(8)13/h1,4H2,2-3H3,(H,12,13). The molecule has 2 rings (SSSR count). The molecule has 4 heteroatoms. The first-order chi connectivity index (χ1) is 7.02. The summed E-state index contributed by atoms with van der Waals surface area (Å²) in [6, 6.07) is 0. The first kappa shape index (κ1) is 9.71. The third kappa shape index (κ3) is 1.29. The van der Waals surface area contributed by atoms with Crippen molar-refractivity contribution in [3.63, 3.8) is 0 Å². The Morgan fingerprint density at radius 3 is 2.73 bits per heavy atom. The van der Waals surface area contributed by atoms with E-state index in [1.54, 1.807) is 13.8 Å². The molecule has 1 aliphatic rings. The summed E-state index contributed by atoms with van der Waals surface area (Å²) in [5.41, 5.74) is 2.78. The van der Waals surface area contributed by atoms with Crippen LogP contribution in [-0.4, -0.2) is 11.0 Å². The van der Waals surface area contributed by atoms with Gasteiger partial charge in [0.2, 0.25) is 0 Å². The van der Waals surface area contributed by atoms with Crippen LogP contribution >= 0.6 is 0 Å². The van der Waals surface area contributed by atoms with Crippen LogP contribution in [0.5, 0.6) is 0 Å². The fourth-order valence-electron chi connectivity index (χ4n) is 1.84. The van der Waals surface area contributed by atoms with E-state index < -0.39 is 5.97 Å². The van der Waals surface area contributed by atoms with Gasteiger partial charge in [-0.2, -0.15) is 0 Å². The van der Waals surface area contributed by atoms with Gasteiger partial charge >= 0.3 is 5.97 Å². The summed E-state index contributed by atoms with van der Waals surface area (Å²) in [6.45, 7) is 7.55. The molecule has 0 unspecified atom stereocenters. The van der Waals surface area contributed by atoms with Crippen molar-refractivity contribution in [2.75, 3.05) is 0 Å². The molecular weight excluding hydrogens is 194 g/mol. The predicted octanol–water partition coefficient (Wildman–Crippen LogP) is 1.39. The Kier molecular flexibility index (Phi) is 2.00. The number of pyridine rings is 1. The minimum absolute atomic E-state index is 0.233. The number of H-pyrrole nitrogens is 1. The van der Waals surface area contributed by atoms with E-state index in [1.807, 2.05) is 0 Å². The molecule has 0 amide bonds. The first-order valence-electron chi connectivity index (χ1n) is 4.61. The number of hydrogen-bond acceptors (Lipinski definition) is 3. The zero-order valence-corrected chi connectivity index (χ0v) is 8.64. The second-order valence-corrected chi connectivity index (χ2v) is 3.66. The minimum Gasteiger partial charge on any atom is -0.456 e. The minimum atomic E-state index is -0.460. The highest BCUT2D eigenvalue weighted by atomic mass is 16.5. The summed E-state index contributed by atoms with van der Waals surface area (Å²) in [7, 11) is 0. The highest BCUT2D eigenvalue weighted by Crippen LogP contribution is 2.24. The largest absolute Gasteiger partial charge is 0.456 e. The van der Waals surface area contributed by atoms with Crippen LogP contribution in [0.1, 0.15) is 34.1 Å². The quantitative estimate of drug-likeness (QED) is 0.705. The number of fused-ring (bicyclic) bond motifs is 1. The maximum Gasteiger partial charge on any atom is 0.355 e. The van der Waals surface area contributed by atoms with Crippen molar-refractivity contribution in [3.8, 4) is 0 Å². The lowest BCUT2D eigenvalue weighted by Gasteiger charge is -2.06. The summed E-state index contributed by atoms with van der Waals surface area (Å²) in [5.74, 6) is -0.460. The van der Waals surface area contributed by atoms with Crippen LogP contribution in [0.4, 0.5) is 0 Å². The Bertz CT molecular complexity index is 525. The first-order valence-corrected chi connectivity index (χ1v) is 4.61. The molecule has 0 aromatic carbocycles. The van der Waals surface area contributed by atoms with Crippen LogP contribution in [0.3, 0.4) is 0 Å². The molecule has 1 N–H and O–H groups in total. The average molecular weight is 205 g/mol. The highest BCUT2D eigenvalue weighted by molar-refractivity contribution is 5.92. The molecule has 15 heavy (non-hydrogen) atoms. The monoisotopic (exact) mass is 205 g/mol. The maximum absolute atomic E-state index is 11.7. The van der Waals surface area contributed by atoms with Gasteiger partial charge in [0, 0.05) is 11.1 Å². The fraction of sp³-hybridized carbons (Fsp3) is 0.273. The van der Waals surface area contributed by atoms with Gasteiger partial charge in [-0.25, -0.2) is 4.79 Å². The Labute approximate surface area is 86.6 Å². The number of hydrogen-bond donors (Lipinski definition) is 1. The second-order valence-electron chi connectivity index (χ2n) is 3.66. The number of allylic oxidation sites excluding steroid dienone is 1. The molecule has 0 saturated heterocycles. The number of rotatable bonds is 1. The lowest BCUT2D eigenvalue weighted by molar-refractivity contribution is 0.0530. The van der Waals surface area contributed by atoms with E-state index in [0.717, 1.165) is 11.1 Å². The molecule has 1 aromatic rings. The van der Waals surface area contributed by atoms with Crippen LogP contribution in [0.15, 0.2) is 11.4 Å². The average Bonchev–Trinajstić information content (AvgIpc) is 2.47. The number of carbonyl (C=O) groups excluding carboxylic acids is 1. The summed E-state index contributed by atoms with van der Waals surface area (Å²) in [4.78, 5) is 25.4. The topological polar surface area (TPSA) is 59.2 Å². The zero-order valence-electron chi connectivity index (χ0n) is 8.64. The summed E-state index contributed by atoms with van der Waals surface area (Å²) >= 11 is 0. The van der Waals surface area contributed by atoms with Gasteiger partial charge in [0.05, 0.1) is 0 Å². The molecule has 0 fully saturated rings. The van der Waals surface area contributed by atoms with Crippen molar-refractivity contribution in [1.29, 1.82) is 0 Å². The SMILES string of the molecule is C=C(C)c1c(C)c2c([nH]c1=O)C(=O)OC2. The fourth-order valence-corrected chi connectivity index (χ4v) is 1.84. The Balaban J connectivity index is 2.80. The number of nitrogens with one attached hydrogen (secondary N) is 1. The van der Waals surface area contributed by atoms with Crippen molar-refractivity contribution in [3.05, 3.63) is 39.3 Å². The van der Waals surface area contributed by atoms with Gasteiger partial charge in [-0.05, 0) is 25.0 Å². The summed E-state index contributed by atoms with van der Waals surface area (Å²) < 4.78 is 4.86. The molecule has 4 nitrogen and oxygen atoms in total. The van der Waals surface area contributed by atoms with E-state index in [9.17, 15) is 9.59 Å². The molecule has 0 bridgehead atoms. The van der Waals surface area contributed by atoms with Gasteiger partial charge in [0.25, 0.3) is 5.56 Å². The van der Waals surface area contributed by atoms with Gasteiger partial charge in [-0.3, -0.25) is 4.79 Å². The third-order valence-corrected chi connectivity index (χ3v) is 2.57.